The minimum absolute atomic E-state index is 0.0122. The number of halogens is 4. The number of aromatic nitrogens is 1. The molecular weight excluding hydrogens is 449 g/mol. The fourth-order valence-electron chi connectivity index (χ4n) is 3.45. The van der Waals surface area contributed by atoms with Crippen LogP contribution in [0.4, 0.5) is 18.9 Å². The van der Waals surface area contributed by atoms with E-state index in [2.05, 4.69) is 5.32 Å². The van der Waals surface area contributed by atoms with Gasteiger partial charge in [0.25, 0.3) is 5.91 Å². The molecule has 0 aliphatic carbocycles. The molecule has 0 bridgehead atoms. The van der Waals surface area contributed by atoms with Gasteiger partial charge >= 0.3 is 12.1 Å². The zero-order chi connectivity index (χ0) is 23.8. The number of nitrogens with zero attached hydrogens (tertiary/aromatic N) is 1. The molecule has 1 heterocycles. The third kappa shape index (κ3) is 4.29. The second kappa shape index (κ2) is 8.58. The number of hydrogen-bond acceptors (Lipinski definition) is 3. The van der Waals surface area contributed by atoms with Crippen molar-refractivity contribution in [3.8, 4) is 11.4 Å². The number of anilines is 1. The maximum absolute atomic E-state index is 13.5. The molecule has 2 N–H and O–H groups in total. The van der Waals surface area contributed by atoms with Gasteiger partial charge in [0.2, 0.25) is 0 Å². The van der Waals surface area contributed by atoms with Crippen LogP contribution in [0.3, 0.4) is 0 Å². The summed E-state index contributed by atoms with van der Waals surface area (Å²) in [5.41, 5.74) is -0.158. The van der Waals surface area contributed by atoms with Gasteiger partial charge in [-0.1, -0.05) is 23.7 Å². The summed E-state index contributed by atoms with van der Waals surface area (Å²) >= 11 is 6.11. The SMILES string of the molecule is COc1cc(NC(=O)c2cc(C)n(-c3ccccc3C(F)(F)F)c2C)c(Cl)cc1C(=O)O. The van der Waals surface area contributed by atoms with Crippen LogP contribution in [0.5, 0.6) is 5.75 Å². The molecule has 0 saturated heterocycles. The van der Waals surface area contributed by atoms with Crippen LogP contribution >= 0.6 is 11.6 Å². The van der Waals surface area contributed by atoms with Crippen molar-refractivity contribution in [1.82, 2.24) is 4.57 Å². The van der Waals surface area contributed by atoms with Crippen LogP contribution in [0, 0.1) is 13.8 Å². The Bertz CT molecular complexity index is 1220. The van der Waals surface area contributed by atoms with E-state index in [1.165, 1.54) is 48.9 Å². The van der Waals surface area contributed by atoms with E-state index in [4.69, 9.17) is 16.3 Å². The van der Waals surface area contributed by atoms with E-state index < -0.39 is 23.6 Å². The second-order valence-corrected chi connectivity index (χ2v) is 7.33. The highest BCUT2D eigenvalue weighted by Gasteiger charge is 2.34. The molecule has 0 spiro atoms. The molecule has 0 atom stereocenters. The van der Waals surface area contributed by atoms with E-state index in [0.717, 1.165) is 12.1 Å². The summed E-state index contributed by atoms with van der Waals surface area (Å²) in [4.78, 5) is 24.2. The number of rotatable bonds is 5. The third-order valence-electron chi connectivity index (χ3n) is 4.89. The molecule has 3 aromatic rings. The van der Waals surface area contributed by atoms with Gasteiger partial charge < -0.3 is 19.7 Å². The molecule has 1 amide bonds. The molecule has 1 aromatic heterocycles. The van der Waals surface area contributed by atoms with Gasteiger partial charge in [-0.05, 0) is 38.1 Å². The predicted octanol–water partition coefficient (Wildman–Crippen LogP) is 5.73. The number of amides is 1. The molecular formula is C22H18ClF3N2O4. The Hall–Kier alpha value is -3.46. The average Bonchev–Trinajstić information content (AvgIpc) is 3.02. The molecule has 32 heavy (non-hydrogen) atoms. The molecule has 10 heteroatoms. The van der Waals surface area contributed by atoms with Crippen molar-refractivity contribution >= 4 is 29.2 Å². The van der Waals surface area contributed by atoms with Crippen LogP contribution in [0.2, 0.25) is 5.02 Å². The van der Waals surface area contributed by atoms with Crippen LogP contribution in [0.1, 0.15) is 37.7 Å². The standard InChI is InChI=1S/C22H18ClF3N2O4/c1-11-8-13(12(2)28(11)18-7-5-4-6-15(18)22(24,25)26)20(29)27-17-10-19(32-3)14(21(30)31)9-16(17)23/h4-10H,1-3H3,(H,27,29)(H,30,31). The van der Waals surface area contributed by atoms with E-state index in [1.807, 2.05) is 0 Å². The van der Waals surface area contributed by atoms with E-state index in [-0.39, 0.29) is 33.3 Å². The van der Waals surface area contributed by atoms with Crippen molar-refractivity contribution in [2.24, 2.45) is 0 Å². The number of alkyl halides is 3. The Balaban J connectivity index is 2.02. The number of ether oxygens (including phenoxy) is 1. The summed E-state index contributed by atoms with van der Waals surface area (Å²) in [6, 6.07) is 8.96. The van der Waals surface area contributed by atoms with E-state index in [9.17, 15) is 27.9 Å². The van der Waals surface area contributed by atoms with Crippen molar-refractivity contribution in [3.63, 3.8) is 0 Å². The highest BCUT2D eigenvalue weighted by Crippen LogP contribution is 2.36. The number of carboxylic acids is 1. The minimum atomic E-state index is -4.57. The number of para-hydroxylation sites is 1. The van der Waals surface area contributed by atoms with Gasteiger partial charge in [0.15, 0.2) is 0 Å². The minimum Gasteiger partial charge on any atom is -0.496 e. The first kappa shape index (κ1) is 23.2. The van der Waals surface area contributed by atoms with Gasteiger partial charge in [0.05, 0.1) is 34.6 Å². The van der Waals surface area contributed by atoms with Crippen molar-refractivity contribution in [2.45, 2.75) is 20.0 Å². The quantitative estimate of drug-likeness (QED) is 0.503. The summed E-state index contributed by atoms with van der Waals surface area (Å²) in [6.45, 7) is 3.12. The first-order chi connectivity index (χ1) is 15.0. The number of carbonyl (C=O) groups is 2. The number of methoxy groups -OCH3 is 1. The van der Waals surface area contributed by atoms with Crippen LogP contribution in [-0.4, -0.2) is 28.7 Å². The summed E-state index contributed by atoms with van der Waals surface area (Å²) < 4.78 is 46.9. The molecule has 168 valence electrons. The van der Waals surface area contributed by atoms with Gasteiger partial charge in [-0.2, -0.15) is 13.2 Å². The molecule has 3 rings (SSSR count). The van der Waals surface area contributed by atoms with Gasteiger partial charge in [0, 0.05) is 17.5 Å². The molecule has 0 saturated carbocycles. The Morgan fingerprint density at radius 3 is 2.34 bits per heavy atom. The highest BCUT2D eigenvalue weighted by atomic mass is 35.5. The van der Waals surface area contributed by atoms with Crippen molar-refractivity contribution in [2.75, 3.05) is 12.4 Å². The topological polar surface area (TPSA) is 80.6 Å². The Morgan fingerprint density at radius 2 is 1.75 bits per heavy atom. The fraction of sp³-hybridized carbons (Fsp3) is 0.182. The molecule has 0 unspecified atom stereocenters. The van der Waals surface area contributed by atoms with E-state index in [1.54, 1.807) is 6.92 Å². The lowest BCUT2D eigenvalue weighted by Crippen LogP contribution is -2.15. The maximum atomic E-state index is 13.5. The predicted molar refractivity (Wildman–Crippen MR) is 113 cm³/mol. The van der Waals surface area contributed by atoms with Gasteiger partial charge in [-0.25, -0.2) is 4.79 Å². The number of carbonyl (C=O) groups excluding carboxylic acids is 1. The Kier molecular flexibility index (Phi) is 6.23. The summed E-state index contributed by atoms with van der Waals surface area (Å²) in [5, 5.41) is 11.8. The van der Waals surface area contributed by atoms with Gasteiger partial charge in [0.1, 0.15) is 11.3 Å². The third-order valence-corrected chi connectivity index (χ3v) is 5.21. The van der Waals surface area contributed by atoms with Crippen LogP contribution in [-0.2, 0) is 6.18 Å². The lowest BCUT2D eigenvalue weighted by Gasteiger charge is -2.17. The number of aryl methyl sites for hydroxylation is 1. The summed E-state index contributed by atoms with van der Waals surface area (Å²) in [7, 11) is 1.27. The number of benzene rings is 2. The first-order valence-electron chi connectivity index (χ1n) is 9.23. The summed E-state index contributed by atoms with van der Waals surface area (Å²) in [5.74, 6) is -1.89. The number of nitrogens with one attached hydrogen (secondary N) is 1. The zero-order valence-electron chi connectivity index (χ0n) is 17.2. The molecule has 0 aliphatic heterocycles. The number of carboxylic acid groups (broad SMARTS) is 1. The average molecular weight is 467 g/mol. The molecule has 0 fully saturated rings. The van der Waals surface area contributed by atoms with Gasteiger partial charge in [-0.15, -0.1) is 0 Å². The Labute approximate surface area is 186 Å². The number of aromatic carboxylic acids is 1. The maximum Gasteiger partial charge on any atom is 0.418 e. The number of hydrogen-bond donors (Lipinski definition) is 2. The molecule has 6 nitrogen and oxygen atoms in total. The largest absolute Gasteiger partial charge is 0.496 e. The molecule has 2 aromatic carbocycles. The van der Waals surface area contributed by atoms with E-state index >= 15 is 0 Å². The molecule has 0 aliphatic rings. The van der Waals surface area contributed by atoms with E-state index in [0.29, 0.717) is 11.4 Å². The van der Waals surface area contributed by atoms with Crippen LogP contribution < -0.4 is 10.1 Å². The lowest BCUT2D eigenvalue weighted by molar-refractivity contribution is -0.137. The lowest BCUT2D eigenvalue weighted by atomic mass is 10.1. The van der Waals surface area contributed by atoms with Crippen molar-refractivity contribution in [1.29, 1.82) is 0 Å². The second-order valence-electron chi connectivity index (χ2n) is 6.93. The fourth-order valence-corrected chi connectivity index (χ4v) is 3.66. The smallest absolute Gasteiger partial charge is 0.418 e. The molecule has 0 radical (unpaired) electrons. The normalized spacial score (nSPS) is 11.3. The zero-order valence-corrected chi connectivity index (χ0v) is 17.9. The van der Waals surface area contributed by atoms with Crippen LogP contribution in [0.25, 0.3) is 5.69 Å². The first-order valence-corrected chi connectivity index (χ1v) is 9.61. The van der Waals surface area contributed by atoms with Gasteiger partial charge in [-0.3, -0.25) is 4.79 Å². The van der Waals surface area contributed by atoms with Crippen molar-refractivity contribution in [3.05, 3.63) is 75.6 Å². The highest BCUT2D eigenvalue weighted by molar-refractivity contribution is 6.34. The Morgan fingerprint density at radius 1 is 1.09 bits per heavy atom. The monoisotopic (exact) mass is 466 g/mol. The summed E-state index contributed by atoms with van der Waals surface area (Å²) in [6.07, 6.45) is -4.57. The van der Waals surface area contributed by atoms with Crippen molar-refractivity contribution < 1.29 is 32.6 Å². The van der Waals surface area contributed by atoms with Crippen LogP contribution in [0.15, 0.2) is 42.5 Å².